The molecule has 2 aromatic rings. The van der Waals surface area contributed by atoms with Gasteiger partial charge in [0.1, 0.15) is 5.82 Å². The minimum atomic E-state index is 0.472. The number of nitrogen functional groups attached to an aromatic ring is 1. The maximum absolute atomic E-state index is 5.98. The van der Waals surface area contributed by atoms with E-state index < -0.39 is 0 Å². The molecule has 2 heterocycles. The second-order valence-electron chi connectivity index (χ2n) is 5.41. The van der Waals surface area contributed by atoms with E-state index >= 15 is 0 Å². The van der Waals surface area contributed by atoms with Crippen LogP contribution in [0.5, 0.6) is 0 Å². The van der Waals surface area contributed by atoms with E-state index in [9.17, 15) is 0 Å². The van der Waals surface area contributed by atoms with E-state index in [0.717, 1.165) is 17.2 Å². The van der Waals surface area contributed by atoms with Crippen molar-refractivity contribution in [3.05, 3.63) is 30.9 Å². The van der Waals surface area contributed by atoms with Crippen molar-refractivity contribution >= 4 is 5.82 Å². The molecule has 0 bridgehead atoms. The number of hydrogen-bond donors (Lipinski definition) is 1. The van der Waals surface area contributed by atoms with Gasteiger partial charge in [-0.15, -0.1) is 0 Å². The third-order valence-corrected chi connectivity index (χ3v) is 4.30. The van der Waals surface area contributed by atoms with Gasteiger partial charge in [0.25, 0.3) is 0 Å². The van der Waals surface area contributed by atoms with E-state index in [-0.39, 0.29) is 0 Å². The monoisotopic (exact) mass is 256 g/mol. The van der Waals surface area contributed by atoms with Crippen LogP contribution in [-0.4, -0.2) is 14.5 Å². The number of nitrogens with two attached hydrogens (primary N) is 1. The van der Waals surface area contributed by atoms with Gasteiger partial charge in [0.15, 0.2) is 0 Å². The first-order valence-corrected chi connectivity index (χ1v) is 7.00. The van der Waals surface area contributed by atoms with Crippen LogP contribution in [0.15, 0.2) is 30.9 Å². The van der Waals surface area contributed by atoms with E-state index in [1.165, 1.54) is 25.7 Å². The van der Waals surface area contributed by atoms with Crippen LogP contribution >= 0.6 is 0 Å². The molecule has 1 aliphatic rings. The van der Waals surface area contributed by atoms with Gasteiger partial charge >= 0.3 is 0 Å². The zero-order valence-corrected chi connectivity index (χ0v) is 11.3. The Kier molecular flexibility index (Phi) is 3.23. The molecule has 0 amide bonds. The van der Waals surface area contributed by atoms with Gasteiger partial charge in [-0.2, -0.15) is 0 Å². The van der Waals surface area contributed by atoms with Gasteiger partial charge < -0.3 is 10.3 Å². The Hall–Kier alpha value is -1.84. The van der Waals surface area contributed by atoms with Gasteiger partial charge in [-0.05, 0) is 37.8 Å². The van der Waals surface area contributed by atoms with Crippen LogP contribution in [0.4, 0.5) is 5.82 Å². The summed E-state index contributed by atoms with van der Waals surface area (Å²) < 4.78 is 2.25. The molecule has 4 nitrogen and oxygen atoms in total. The molecule has 1 saturated carbocycles. The normalized spacial score (nSPS) is 17.7. The zero-order chi connectivity index (χ0) is 13.2. The second-order valence-corrected chi connectivity index (χ2v) is 5.41. The number of rotatable bonds is 3. The van der Waals surface area contributed by atoms with Gasteiger partial charge in [0.2, 0.25) is 0 Å². The highest BCUT2D eigenvalue weighted by Crippen LogP contribution is 2.36. The molecule has 1 fully saturated rings. The SMILES string of the molecule is CC(C1CCCC1)n1cncc1-c1cccnc1N. The minimum absolute atomic E-state index is 0.472. The highest BCUT2D eigenvalue weighted by molar-refractivity contribution is 5.70. The van der Waals surface area contributed by atoms with Crippen LogP contribution in [0, 0.1) is 5.92 Å². The summed E-state index contributed by atoms with van der Waals surface area (Å²) in [5.74, 6) is 1.33. The molecule has 19 heavy (non-hydrogen) atoms. The minimum Gasteiger partial charge on any atom is -0.383 e. The molecule has 0 spiro atoms. The van der Waals surface area contributed by atoms with Crippen molar-refractivity contribution in [3.8, 4) is 11.3 Å². The summed E-state index contributed by atoms with van der Waals surface area (Å²) in [5, 5.41) is 0. The van der Waals surface area contributed by atoms with Crippen molar-refractivity contribution in [1.29, 1.82) is 0 Å². The smallest absolute Gasteiger partial charge is 0.132 e. The summed E-state index contributed by atoms with van der Waals surface area (Å²) in [4.78, 5) is 8.48. The Morgan fingerprint density at radius 2 is 2.16 bits per heavy atom. The van der Waals surface area contributed by atoms with Crippen LogP contribution in [0.2, 0.25) is 0 Å². The molecule has 2 aromatic heterocycles. The first-order chi connectivity index (χ1) is 9.27. The average Bonchev–Trinajstić information content (AvgIpc) is 3.10. The summed E-state index contributed by atoms with van der Waals surface area (Å²) in [6.07, 6.45) is 10.9. The summed E-state index contributed by atoms with van der Waals surface area (Å²) in [5.41, 5.74) is 8.03. The van der Waals surface area contributed by atoms with Crippen LogP contribution in [-0.2, 0) is 0 Å². The molecule has 1 atom stereocenters. The van der Waals surface area contributed by atoms with Crippen LogP contribution in [0.25, 0.3) is 11.3 Å². The number of aromatic nitrogens is 3. The molecule has 2 N–H and O–H groups in total. The molecule has 100 valence electrons. The van der Waals surface area contributed by atoms with Gasteiger partial charge in [0, 0.05) is 17.8 Å². The number of anilines is 1. The number of pyridine rings is 1. The number of imidazole rings is 1. The quantitative estimate of drug-likeness (QED) is 0.916. The van der Waals surface area contributed by atoms with Crippen molar-refractivity contribution < 1.29 is 0 Å². The fourth-order valence-electron chi connectivity index (χ4n) is 3.14. The van der Waals surface area contributed by atoms with Crippen molar-refractivity contribution in [2.24, 2.45) is 5.92 Å². The predicted octanol–water partition coefficient (Wildman–Crippen LogP) is 3.28. The molecule has 0 radical (unpaired) electrons. The van der Waals surface area contributed by atoms with E-state index in [2.05, 4.69) is 21.5 Å². The molecule has 1 unspecified atom stereocenters. The lowest BCUT2D eigenvalue weighted by atomic mass is 9.99. The fourth-order valence-corrected chi connectivity index (χ4v) is 3.14. The van der Waals surface area contributed by atoms with Gasteiger partial charge in [-0.1, -0.05) is 12.8 Å². The van der Waals surface area contributed by atoms with Gasteiger partial charge in [-0.3, -0.25) is 0 Å². The fraction of sp³-hybridized carbons (Fsp3) is 0.467. The second kappa shape index (κ2) is 5.03. The molecule has 0 aliphatic heterocycles. The van der Waals surface area contributed by atoms with Gasteiger partial charge in [0.05, 0.1) is 18.2 Å². The Bertz CT molecular complexity index is 555. The lowest BCUT2D eigenvalue weighted by molar-refractivity contribution is 0.363. The number of hydrogen-bond acceptors (Lipinski definition) is 3. The highest BCUT2D eigenvalue weighted by atomic mass is 15.1. The predicted molar refractivity (Wildman–Crippen MR) is 76.5 cm³/mol. The molecule has 3 rings (SSSR count). The lowest BCUT2D eigenvalue weighted by Gasteiger charge is -2.23. The summed E-state index contributed by atoms with van der Waals surface area (Å²) in [6, 6.07) is 4.40. The summed E-state index contributed by atoms with van der Waals surface area (Å²) >= 11 is 0. The third-order valence-electron chi connectivity index (χ3n) is 4.30. The lowest BCUT2D eigenvalue weighted by Crippen LogP contribution is -2.14. The molecular formula is C15H20N4. The van der Waals surface area contributed by atoms with Crippen molar-refractivity contribution in [2.75, 3.05) is 5.73 Å². The zero-order valence-electron chi connectivity index (χ0n) is 11.3. The van der Waals surface area contributed by atoms with Crippen molar-refractivity contribution in [1.82, 2.24) is 14.5 Å². The molecule has 4 heteroatoms. The van der Waals surface area contributed by atoms with E-state index in [0.29, 0.717) is 11.9 Å². The molecular weight excluding hydrogens is 236 g/mol. The molecule has 0 aromatic carbocycles. The van der Waals surface area contributed by atoms with Crippen molar-refractivity contribution in [2.45, 2.75) is 38.6 Å². The third kappa shape index (κ3) is 2.23. The maximum atomic E-state index is 5.98. The maximum Gasteiger partial charge on any atom is 0.132 e. The topological polar surface area (TPSA) is 56.7 Å². The van der Waals surface area contributed by atoms with E-state index in [4.69, 9.17) is 5.73 Å². The standard InChI is InChI=1S/C15H20N4/c1-11(12-5-2-3-6-12)19-10-17-9-14(19)13-7-4-8-18-15(13)16/h4,7-12H,2-3,5-6H2,1H3,(H2,16,18). The molecule has 1 aliphatic carbocycles. The number of nitrogens with zero attached hydrogens (tertiary/aromatic N) is 3. The first-order valence-electron chi connectivity index (χ1n) is 7.00. The Labute approximate surface area is 113 Å². The van der Waals surface area contributed by atoms with Crippen LogP contribution in [0.3, 0.4) is 0 Å². The summed E-state index contributed by atoms with van der Waals surface area (Å²) in [7, 11) is 0. The summed E-state index contributed by atoms with van der Waals surface area (Å²) in [6.45, 7) is 2.29. The Balaban J connectivity index is 1.96. The van der Waals surface area contributed by atoms with Gasteiger partial charge in [-0.25, -0.2) is 9.97 Å². The van der Waals surface area contributed by atoms with Crippen molar-refractivity contribution in [3.63, 3.8) is 0 Å². The van der Waals surface area contributed by atoms with E-state index in [1.54, 1.807) is 6.20 Å². The van der Waals surface area contributed by atoms with Crippen LogP contribution < -0.4 is 5.73 Å². The average molecular weight is 256 g/mol. The van der Waals surface area contributed by atoms with Crippen LogP contribution in [0.1, 0.15) is 38.6 Å². The highest BCUT2D eigenvalue weighted by Gasteiger charge is 2.24. The Morgan fingerprint density at radius 3 is 2.89 bits per heavy atom. The largest absolute Gasteiger partial charge is 0.383 e. The van der Waals surface area contributed by atoms with E-state index in [1.807, 2.05) is 24.7 Å². The molecule has 0 saturated heterocycles. The first kappa shape index (κ1) is 12.2. The Morgan fingerprint density at radius 1 is 1.37 bits per heavy atom.